The molecule has 2 rings (SSSR count). The summed E-state index contributed by atoms with van der Waals surface area (Å²) in [7, 11) is 1.94. The van der Waals surface area contributed by atoms with Gasteiger partial charge in [0, 0.05) is 29.6 Å². The highest BCUT2D eigenvalue weighted by Gasteiger charge is 2.32. The first kappa shape index (κ1) is 17.3. The fourth-order valence-electron chi connectivity index (χ4n) is 2.77. The summed E-state index contributed by atoms with van der Waals surface area (Å²) in [5.74, 6) is 0.703. The van der Waals surface area contributed by atoms with E-state index in [1.807, 2.05) is 23.6 Å². The highest BCUT2D eigenvalue weighted by atomic mass is 32.2. The number of nitrogens with zero attached hydrogens (tertiary/aromatic N) is 3. The zero-order valence-electron chi connectivity index (χ0n) is 14.5. The molecule has 5 nitrogen and oxygen atoms in total. The Morgan fingerprint density at radius 3 is 2.64 bits per heavy atom. The molecule has 0 aromatic carbocycles. The quantitative estimate of drug-likeness (QED) is 0.856. The molecule has 1 atom stereocenters. The van der Waals surface area contributed by atoms with Crippen molar-refractivity contribution in [2.24, 2.45) is 7.05 Å². The predicted octanol–water partition coefficient (Wildman–Crippen LogP) is 2.47. The minimum Gasteiger partial charge on any atom is -0.377 e. The van der Waals surface area contributed by atoms with Crippen molar-refractivity contribution in [3.05, 3.63) is 17.0 Å². The van der Waals surface area contributed by atoms with Crippen LogP contribution in [0.1, 0.15) is 43.8 Å². The monoisotopic (exact) mass is 325 g/mol. The smallest absolute Gasteiger partial charge is 0.233 e. The van der Waals surface area contributed by atoms with Crippen LogP contribution in [-0.2, 0) is 16.6 Å². The summed E-state index contributed by atoms with van der Waals surface area (Å²) in [6, 6.07) is -0.0180. The zero-order valence-corrected chi connectivity index (χ0v) is 15.3. The second-order valence-electron chi connectivity index (χ2n) is 6.79. The van der Waals surface area contributed by atoms with Crippen molar-refractivity contribution in [1.82, 2.24) is 14.7 Å². The number of aryl methyl sites for hydroxylation is 2. The summed E-state index contributed by atoms with van der Waals surface area (Å²) in [6.07, 6.45) is 0. The average molecular weight is 325 g/mol. The molecule has 1 aliphatic heterocycles. The summed E-state index contributed by atoms with van der Waals surface area (Å²) in [5, 5.41) is 4.48. The minimum atomic E-state index is -0.0180. The lowest BCUT2D eigenvalue weighted by atomic mass is 10.0. The van der Waals surface area contributed by atoms with Gasteiger partial charge < -0.3 is 9.64 Å². The van der Waals surface area contributed by atoms with E-state index in [-0.39, 0.29) is 16.7 Å². The van der Waals surface area contributed by atoms with Gasteiger partial charge in [-0.05, 0) is 13.8 Å². The van der Waals surface area contributed by atoms with E-state index in [1.165, 1.54) is 0 Å². The fourth-order valence-corrected chi connectivity index (χ4v) is 3.50. The van der Waals surface area contributed by atoms with E-state index in [2.05, 4.69) is 32.8 Å². The molecule has 1 aliphatic rings. The highest BCUT2D eigenvalue weighted by Crippen LogP contribution is 2.31. The Hall–Kier alpha value is -1.01. The maximum absolute atomic E-state index is 12.7. The molecular formula is C16H27N3O2S. The molecule has 1 fully saturated rings. The molecule has 1 unspecified atom stereocenters. The summed E-state index contributed by atoms with van der Waals surface area (Å²) < 4.78 is 7.62. The van der Waals surface area contributed by atoms with Crippen molar-refractivity contribution in [2.45, 2.75) is 45.4 Å². The van der Waals surface area contributed by atoms with Gasteiger partial charge in [0.15, 0.2) is 0 Å². The second kappa shape index (κ2) is 6.62. The number of hydrogen-bond donors (Lipinski definition) is 0. The number of rotatable bonds is 3. The van der Waals surface area contributed by atoms with Crippen molar-refractivity contribution < 1.29 is 9.53 Å². The van der Waals surface area contributed by atoms with E-state index in [4.69, 9.17) is 4.74 Å². The first-order chi connectivity index (χ1) is 10.2. The van der Waals surface area contributed by atoms with Crippen LogP contribution in [0.15, 0.2) is 0 Å². The van der Waals surface area contributed by atoms with Crippen molar-refractivity contribution >= 4 is 17.7 Å². The molecule has 0 bridgehead atoms. The number of ether oxygens (including phenoxy) is 1. The Morgan fingerprint density at radius 1 is 1.41 bits per heavy atom. The van der Waals surface area contributed by atoms with Crippen LogP contribution in [0.3, 0.4) is 0 Å². The molecule has 1 amide bonds. The molecular weight excluding hydrogens is 298 g/mol. The minimum absolute atomic E-state index is 0.0180. The second-order valence-corrected chi connectivity index (χ2v) is 8.59. The van der Waals surface area contributed by atoms with Crippen LogP contribution in [0.4, 0.5) is 0 Å². The van der Waals surface area contributed by atoms with Crippen molar-refractivity contribution in [3.63, 3.8) is 0 Å². The lowest BCUT2D eigenvalue weighted by Gasteiger charge is -2.36. The van der Waals surface area contributed by atoms with Gasteiger partial charge in [0.05, 0.1) is 30.7 Å². The molecule has 2 heterocycles. The average Bonchev–Trinajstić information content (AvgIpc) is 2.69. The zero-order chi connectivity index (χ0) is 16.5. The van der Waals surface area contributed by atoms with Crippen LogP contribution in [0, 0.1) is 13.8 Å². The lowest BCUT2D eigenvalue weighted by molar-refractivity contribution is -0.137. The maximum atomic E-state index is 12.7. The molecule has 1 aromatic heterocycles. The molecule has 0 spiro atoms. The number of morpholine rings is 1. The van der Waals surface area contributed by atoms with Gasteiger partial charge in [-0.2, -0.15) is 5.10 Å². The Balaban J connectivity index is 2.19. The van der Waals surface area contributed by atoms with Crippen LogP contribution in [0.5, 0.6) is 0 Å². The normalized spacial score (nSPS) is 19.5. The molecule has 1 aromatic rings. The van der Waals surface area contributed by atoms with Gasteiger partial charge in [0.1, 0.15) is 0 Å². The lowest BCUT2D eigenvalue weighted by Crippen LogP contribution is -2.45. The van der Waals surface area contributed by atoms with Crippen molar-refractivity contribution in [3.8, 4) is 0 Å². The number of carbonyl (C=O) groups is 1. The largest absolute Gasteiger partial charge is 0.377 e. The van der Waals surface area contributed by atoms with Crippen LogP contribution in [0.25, 0.3) is 0 Å². The number of carbonyl (C=O) groups excluding carboxylic acids is 1. The molecule has 1 saturated heterocycles. The molecule has 0 aliphatic carbocycles. The van der Waals surface area contributed by atoms with Crippen molar-refractivity contribution in [2.75, 3.05) is 25.5 Å². The Labute approximate surface area is 137 Å². The number of hydrogen-bond acceptors (Lipinski definition) is 4. The van der Waals surface area contributed by atoms with Gasteiger partial charge in [-0.25, -0.2) is 0 Å². The van der Waals surface area contributed by atoms with Crippen LogP contribution < -0.4 is 0 Å². The molecule has 22 heavy (non-hydrogen) atoms. The van der Waals surface area contributed by atoms with Gasteiger partial charge in [-0.3, -0.25) is 9.48 Å². The molecule has 124 valence electrons. The van der Waals surface area contributed by atoms with Crippen molar-refractivity contribution in [1.29, 1.82) is 0 Å². The summed E-state index contributed by atoms with van der Waals surface area (Å²) in [5.41, 5.74) is 3.22. The van der Waals surface area contributed by atoms with E-state index in [0.717, 1.165) is 17.0 Å². The number of aromatic nitrogens is 2. The highest BCUT2D eigenvalue weighted by molar-refractivity contribution is 8.01. The topological polar surface area (TPSA) is 47.4 Å². The third-order valence-corrected chi connectivity index (χ3v) is 5.23. The molecule has 0 radical (unpaired) electrons. The third kappa shape index (κ3) is 3.84. The van der Waals surface area contributed by atoms with E-state index in [0.29, 0.717) is 25.5 Å². The van der Waals surface area contributed by atoms with E-state index < -0.39 is 0 Å². The number of thioether (sulfide) groups is 1. The maximum Gasteiger partial charge on any atom is 0.233 e. The van der Waals surface area contributed by atoms with Gasteiger partial charge >= 0.3 is 0 Å². The Bertz CT molecular complexity index is 548. The third-order valence-electron chi connectivity index (χ3n) is 3.98. The van der Waals surface area contributed by atoms with Gasteiger partial charge in [0.2, 0.25) is 5.91 Å². The van der Waals surface area contributed by atoms with E-state index in [9.17, 15) is 4.79 Å². The summed E-state index contributed by atoms with van der Waals surface area (Å²) >= 11 is 1.69. The molecule has 6 heteroatoms. The van der Waals surface area contributed by atoms with E-state index in [1.54, 1.807) is 11.8 Å². The van der Waals surface area contributed by atoms with Crippen LogP contribution in [0.2, 0.25) is 0 Å². The SMILES string of the molecule is Cc1nn(C)c(C)c1C1COCCN1C(=O)CSC(C)(C)C. The summed E-state index contributed by atoms with van der Waals surface area (Å²) in [6.45, 7) is 12.3. The standard InChI is InChI=1S/C16H27N3O2S/c1-11-15(12(2)18(6)17-11)13-9-21-8-7-19(13)14(20)10-22-16(3,4)5/h13H,7-10H2,1-6H3. The predicted molar refractivity (Wildman–Crippen MR) is 90.2 cm³/mol. The van der Waals surface area contributed by atoms with E-state index >= 15 is 0 Å². The molecule has 0 saturated carbocycles. The number of amides is 1. The Kier molecular flexibility index (Phi) is 5.22. The van der Waals surface area contributed by atoms with Gasteiger partial charge in [-0.15, -0.1) is 11.8 Å². The van der Waals surface area contributed by atoms with Crippen LogP contribution >= 0.6 is 11.8 Å². The molecule has 0 N–H and O–H groups in total. The first-order valence-corrected chi connectivity index (χ1v) is 8.70. The fraction of sp³-hybridized carbons (Fsp3) is 0.750. The van der Waals surface area contributed by atoms with Gasteiger partial charge in [-0.1, -0.05) is 20.8 Å². The Morgan fingerprint density at radius 2 is 2.09 bits per heavy atom. The first-order valence-electron chi connectivity index (χ1n) is 7.72. The van der Waals surface area contributed by atoms with Crippen LogP contribution in [-0.4, -0.2) is 50.8 Å². The van der Waals surface area contributed by atoms with Gasteiger partial charge in [0.25, 0.3) is 0 Å². The summed E-state index contributed by atoms with van der Waals surface area (Å²) in [4.78, 5) is 14.7.